The number of benzene rings is 1. The second-order valence-corrected chi connectivity index (χ2v) is 6.85. The van der Waals surface area contributed by atoms with Crippen molar-refractivity contribution in [1.82, 2.24) is 4.90 Å². The molecule has 0 aliphatic heterocycles. The maximum Gasteiger partial charge on any atom is 0.223 e. The first-order valence-electron chi connectivity index (χ1n) is 7.60. The Balaban J connectivity index is 1.58. The monoisotopic (exact) mass is 299 g/mol. The van der Waals surface area contributed by atoms with Gasteiger partial charge in [-0.05, 0) is 43.2 Å². The number of nitrogens with zero attached hydrogens (tertiary/aromatic N) is 1. The topological polar surface area (TPSA) is 20.3 Å². The fourth-order valence-corrected chi connectivity index (χ4v) is 3.23. The zero-order chi connectivity index (χ0) is 14.7. The van der Waals surface area contributed by atoms with Crippen LogP contribution in [-0.4, -0.2) is 16.8 Å². The summed E-state index contributed by atoms with van der Waals surface area (Å²) in [6.45, 7) is 2.87. The van der Waals surface area contributed by atoms with Crippen molar-refractivity contribution in [2.45, 2.75) is 45.2 Å². The van der Waals surface area contributed by atoms with Gasteiger partial charge in [-0.2, -0.15) is 0 Å². The average Bonchev–Trinajstić information content (AvgIpc) is 3.20. The summed E-state index contributed by atoms with van der Waals surface area (Å²) < 4.78 is 0. The molecule has 21 heavy (non-hydrogen) atoms. The molecule has 1 saturated carbocycles. The zero-order valence-electron chi connectivity index (χ0n) is 12.4. The third-order valence-electron chi connectivity index (χ3n) is 3.96. The van der Waals surface area contributed by atoms with Crippen molar-refractivity contribution in [2.75, 3.05) is 0 Å². The smallest absolute Gasteiger partial charge is 0.223 e. The van der Waals surface area contributed by atoms with Crippen LogP contribution in [0.4, 0.5) is 0 Å². The summed E-state index contributed by atoms with van der Waals surface area (Å²) in [5, 5.41) is 2.08. The molecule has 0 atom stereocenters. The Kier molecular flexibility index (Phi) is 4.39. The molecule has 1 aromatic carbocycles. The van der Waals surface area contributed by atoms with E-state index in [1.54, 1.807) is 11.3 Å². The van der Waals surface area contributed by atoms with E-state index in [-0.39, 0.29) is 0 Å². The first-order valence-corrected chi connectivity index (χ1v) is 8.48. The molecule has 0 unspecified atom stereocenters. The summed E-state index contributed by atoms with van der Waals surface area (Å²) in [5.74, 6) is 0.298. The zero-order valence-corrected chi connectivity index (χ0v) is 13.2. The minimum atomic E-state index is 0.298. The van der Waals surface area contributed by atoms with E-state index >= 15 is 0 Å². The largest absolute Gasteiger partial charge is 0.335 e. The Bertz CT molecular complexity index is 584. The second-order valence-electron chi connectivity index (χ2n) is 5.82. The number of amides is 1. The van der Waals surface area contributed by atoms with Gasteiger partial charge in [0, 0.05) is 17.3 Å². The number of hydrogen-bond donors (Lipinski definition) is 0. The van der Waals surface area contributed by atoms with E-state index in [0.717, 1.165) is 13.0 Å². The molecule has 3 heteroatoms. The molecule has 0 N–H and O–H groups in total. The maximum absolute atomic E-state index is 12.5. The highest BCUT2D eigenvalue weighted by Gasteiger charge is 2.32. The van der Waals surface area contributed by atoms with E-state index in [1.807, 2.05) is 0 Å². The van der Waals surface area contributed by atoms with Crippen LogP contribution in [0.25, 0.3) is 0 Å². The molecule has 1 aliphatic carbocycles. The fraction of sp³-hybridized carbons (Fsp3) is 0.389. The molecule has 0 saturated heterocycles. The minimum absolute atomic E-state index is 0.298. The Hall–Kier alpha value is -1.61. The molecule has 0 radical (unpaired) electrons. The lowest BCUT2D eigenvalue weighted by Crippen LogP contribution is -2.32. The van der Waals surface area contributed by atoms with Crippen molar-refractivity contribution in [3.05, 3.63) is 57.8 Å². The first-order chi connectivity index (χ1) is 10.2. The SMILES string of the molecule is Cc1ccc(CCC(=O)N(Cc2cccs2)C2CC2)cc1. The summed E-state index contributed by atoms with van der Waals surface area (Å²) in [5.41, 5.74) is 2.52. The number of aryl methyl sites for hydroxylation is 2. The Morgan fingerprint density at radius 1 is 1.24 bits per heavy atom. The molecule has 2 nitrogen and oxygen atoms in total. The van der Waals surface area contributed by atoms with Crippen LogP contribution in [-0.2, 0) is 17.8 Å². The molecule has 1 aromatic heterocycles. The lowest BCUT2D eigenvalue weighted by Gasteiger charge is -2.22. The summed E-state index contributed by atoms with van der Waals surface area (Å²) in [6, 6.07) is 13.1. The van der Waals surface area contributed by atoms with E-state index < -0.39 is 0 Å². The second kappa shape index (κ2) is 6.44. The molecule has 0 bridgehead atoms. The van der Waals surface area contributed by atoms with Crippen LogP contribution in [0.1, 0.15) is 35.3 Å². The third-order valence-corrected chi connectivity index (χ3v) is 4.82. The number of thiophene rings is 1. The van der Waals surface area contributed by atoms with Gasteiger partial charge in [0.15, 0.2) is 0 Å². The van der Waals surface area contributed by atoms with Gasteiger partial charge in [0.1, 0.15) is 0 Å². The van der Waals surface area contributed by atoms with Crippen molar-refractivity contribution < 1.29 is 4.79 Å². The lowest BCUT2D eigenvalue weighted by molar-refractivity contribution is -0.132. The number of carbonyl (C=O) groups is 1. The van der Waals surface area contributed by atoms with Crippen LogP contribution in [0.3, 0.4) is 0 Å². The van der Waals surface area contributed by atoms with Gasteiger partial charge in [-0.3, -0.25) is 4.79 Å². The molecule has 1 aliphatic rings. The van der Waals surface area contributed by atoms with Gasteiger partial charge in [-0.25, -0.2) is 0 Å². The van der Waals surface area contributed by atoms with E-state index in [1.165, 1.54) is 28.8 Å². The standard InChI is InChI=1S/C18H21NOS/c1-14-4-6-15(7-5-14)8-11-18(20)19(16-9-10-16)13-17-3-2-12-21-17/h2-7,12,16H,8-11,13H2,1H3. The maximum atomic E-state index is 12.5. The predicted octanol–water partition coefficient (Wildman–Crippen LogP) is 4.18. The number of rotatable bonds is 6. The summed E-state index contributed by atoms with van der Waals surface area (Å²) >= 11 is 1.74. The normalized spacial score (nSPS) is 14.1. The molecule has 1 heterocycles. The summed E-state index contributed by atoms with van der Waals surface area (Å²) in [4.78, 5) is 15.9. The highest BCUT2D eigenvalue weighted by molar-refractivity contribution is 7.09. The predicted molar refractivity (Wildman–Crippen MR) is 87.4 cm³/mol. The molecule has 2 aromatic rings. The summed E-state index contributed by atoms with van der Waals surface area (Å²) in [7, 11) is 0. The van der Waals surface area contributed by atoms with Crippen LogP contribution in [0.15, 0.2) is 41.8 Å². The molecule has 1 fully saturated rings. The molecular formula is C18H21NOS. The molecular weight excluding hydrogens is 278 g/mol. The Morgan fingerprint density at radius 2 is 2.00 bits per heavy atom. The molecule has 0 spiro atoms. The lowest BCUT2D eigenvalue weighted by atomic mass is 10.1. The highest BCUT2D eigenvalue weighted by Crippen LogP contribution is 2.30. The van der Waals surface area contributed by atoms with Crippen LogP contribution in [0.2, 0.25) is 0 Å². The van der Waals surface area contributed by atoms with E-state index in [4.69, 9.17) is 0 Å². The van der Waals surface area contributed by atoms with Gasteiger partial charge in [0.25, 0.3) is 0 Å². The van der Waals surface area contributed by atoms with Crippen LogP contribution in [0.5, 0.6) is 0 Å². The van der Waals surface area contributed by atoms with Gasteiger partial charge in [-0.1, -0.05) is 35.9 Å². The fourth-order valence-electron chi connectivity index (χ4n) is 2.53. The average molecular weight is 299 g/mol. The van der Waals surface area contributed by atoms with Crippen LogP contribution in [0, 0.1) is 6.92 Å². The van der Waals surface area contributed by atoms with E-state index in [9.17, 15) is 4.79 Å². The van der Waals surface area contributed by atoms with Crippen molar-refractivity contribution in [3.8, 4) is 0 Å². The Morgan fingerprint density at radius 3 is 2.62 bits per heavy atom. The van der Waals surface area contributed by atoms with Crippen LogP contribution >= 0.6 is 11.3 Å². The molecule has 110 valence electrons. The van der Waals surface area contributed by atoms with E-state index in [2.05, 4.69) is 53.6 Å². The minimum Gasteiger partial charge on any atom is -0.335 e. The van der Waals surface area contributed by atoms with Gasteiger partial charge in [0.2, 0.25) is 5.91 Å². The number of carbonyl (C=O) groups excluding carboxylic acids is 1. The van der Waals surface area contributed by atoms with Crippen molar-refractivity contribution in [3.63, 3.8) is 0 Å². The van der Waals surface area contributed by atoms with Crippen molar-refractivity contribution in [1.29, 1.82) is 0 Å². The van der Waals surface area contributed by atoms with Crippen LogP contribution < -0.4 is 0 Å². The van der Waals surface area contributed by atoms with Gasteiger partial charge >= 0.3 is 0 Å². The molecule has 1 amide bonds. The van der Waals surface area contributed by atoms with Crippen molar-refractivity contribution >= 4 is 17.2 Å². The summed E-state index contributed by atoms with van der Waals surface area (Å²) in [6.07, 6.45) is 3.79. The van der Waals surface area contributed by atoms with Gasteiger partial charge < -0.3 is 4.90 Å². The first kappa shape index (κ1) is 14.3. The van der Waals surface area contributed by atoms with Gasteiger partial charge in [-0.15, -0.1) is 11.3 Å². The Labute approximate surface area is 130 Å². The van der Waals surface area contributed by atoms with E-state index in [0.29, 0.717) is 18.4 Å². The highest BCUT2D eigenvalue weighted by atomic mass is 32.1. The third kappa shape index (κ3) is 3.94. The molecule has 3 rings (SSSR count). The number of hydrogen-bond acceptors (Lipinski definition) is 2. The van der Waals surface area contributed by atoms with Gasteiger partial charge in [0.05, 0.1) is 6.54 Å². The van der Waals surface area contributed by atoms with Crippen molar-refractivity contribution in [2.24, 2.45) is 0 Å². The quantitative estimate of drug-likeness (QED) is 0.783.